The van der Waals surface area contributed by atoms with E-state index in [0.29, 0.717) is 19.0 Å². The molecule has 1 fully saturated rings. The Hall–Kier alpha value is -0.720. The van der Waals surface area contributed by atoms with Crippen LogP contribution in [0.5, 0.6) is 0 Å². The standard InChI is InChI=1S/C10H12ClFN2O2S/c11-4-8-1-2-14(7-8)17(15,16)10-3-9(12)5-13-6-10/h3,5-6,8H,1-2,4,7H2. The van der Waals surface area contributed by atoms with E-state index in [1.54, 1.807) is 0 Å². The number of alkyl halides is 1. The van der Waals surface area contributed by atoms with Crippen molar-refractivity contribution in [2.45, 2.75) is 11.3 Å². The van der Waals surface area contributed by atoms with Gasteiger partial charge in [-0.2, -0.15) is 4.31 Å². The number of hydrogen-bond acceptors (Lipinski definition) is 3. The van der Waals surface area contributed by atoms with Crippen LogP contribution in [-0.2, 0) is 10.0 Å². The predicted molar refractivity (Wildman–Crippen MR) is 61.8 cm³/mol. The minimum Gasteiger partial charge on any atom is -0.260 e. The van der Waals surface area contributed by atoms with Crippen LogP contribution in [0.1, 0.15) is 6.42 Å². The maximum absolute atomic E-state index is 13.0. The van der Waals surface area contributed by atoms with E-state index in [-0.39, 0.29) is 10.8 Å². The van der Waals surface area contributed by atoms with Crippen LogP contribution < -0.4 is 0 Å². The number of aromatic nitrogens is 1. The lowest BCUT2D eigenvalue weighted by molar-refractivity contribution is 0.464. The summed E-state index contributed by atoms with van der Waals surface area (Å²) in [6.45, 7) is 0.818. The van der Waals surface area contributed by atoms with Gasteiger partial charge in [-0.25, -0.2) is 12.8 Å². The molecule has 0 bridgehead atoms. The molecule has 0 radical (unpaired) electrons. The van der Waals surface area contributed by atoms with Gasteiger partial charge in [0.2, 0.25) is 10.0 Å². The summed E-state index contributed by atoms with van der Waals surface area (Å²) >= 11 is 5.70. The van der Waals surface area contributed by atoms with Crippen molar-refractivity contribution >= 4 is 21.6 Å². The number of sulfonamides is 1. The van der Waals surface area contributed by atoms with E-state index in [1.807, 2.05) is 0 Å². The molecule has 0 saturated carbocycles. The molecular weight excluding hydrogens is 267 g/mol. The fourth-order valence-electron chi connectivity index (χ4n) is 1.82. The monoisotopic (exact) mass is 278 g/mol. The second kappa shape index (κ2) is 4.88. The third kappa shape index (κ3) is 2.59. The SMILES string of the molecule is O=S(=O)(c1cncc(F)c1)N1CCC(CCl)C1. The van der Waals surface area contributed by atoms with Crippen LogP contribution >= 0.6 is 11.6 Å². The molecule has 1 aliphatic heterocycles. The molecule has 2 rings (SSSR count). The number of pyridine rings is 1. The molecule has 17 heavy (non-hydrogen) atoms. The zero-order valence-corrected chi connectivity index (χ0v) is 10.6. The van der Waals surface area contributed by atoms with E-state index in [4.69, 9.17) is 11.6 Å². The van der Waals surface area contributed by atoms with Crippen LogP contribution in [0.2, 0.25) is 0 Å². The third-order valence-corrected chi connectivity index (χ3v) is 5.05. The zero-order chi connectivity index (χ0) is 12.5. The van der Waals surface area contributed by atoms with Crippen molar-refractivity contribution < 1.29 is 12.8 Å². The highest BCUT2D eigenvalue weighted by atomic mass is 35.5. The molecule has 2 heterocycles. The Kier molecular flexibility index (Phi) is 3.65. The summed E-state index contributed by atoms with van der Waals surface area (Å²) in [4.78, 5) is 3.45. The van der Waals surface area contributed by atoms with Crippen molar-refractivity contribution in [3.8, 4) is 0 Å². The smallest absolute Gasteiger partial charge is 0.244 e. The van der Waals surface area contributed by atoms with Gasteiger partial charge < -0.3 is 0 Å². The molecule has 1 aromatic heterocycles. The first kappa shape index (κ1) is 12.7. The van der Waals surface area contributed by atoms with Crippen molar-refractivity contribution in [2.75, 3.05) is 19.0 Å². The number of hydrogen-bond donors (Lipinski definition) is 0. The summed E-state index contributed by atoms with van der Waals surface area (Å²) in [6, 6.07) is 0.982. The van der Waals surface area contributed by atoms with Crippen molar-refractivity contribution in [1.29, 1.82) is 0 Å². The molecule has 94 valence electrons. The van der Waals surface area contributed by atoms with E-state index in [9.17, 15) is 12.8 Å². The fourth-order valence-corrected chi connectivity index (χ4v) is 3.58. The van der Waals surface area contributed by atoms with Gasteiger partial charge in [-0.15, -0.1) is 11.6 Å². The molecule has 1 unspecified atom stereocenters. The Morgan fingerprint density at radius 3 is 2.88 bits per heavy atom. The quantitative estimate of drug-likeness (QED) is 0.787. The second-order valence-electron chi connectivity index (χ2n) is 4.01. The van der Waals surface area contributed by atoms with Crippen LogP contribution in [-0.4, -0.2) is 36.7 Å². The van der Waals surface area contributed by atoms with E-state index in [2.05, 4.69) is 4.98 Å². The molecule has 1 aliphatic rings. The lowest BCUT2D eigenvalue weighted by Crippen LogP contribution is -2.29. The molecule has 1 atom stereocenters. The van der Waals surface area contributed by atoms with Crippen LogP contribution in [0.15, 0.2) is 23.4 Å². The van der Waals surface area contributed by atoms with E-state index < -0.39 is 15.8 Å². The highest BCUT2D eigenvalue weighted by molar-refractivity contribution is 7.89. The summed E-state index contributed by atoms with van der Waals surface area (Å²) < 4.78 is 38.5. The minimum absolute atomic E-state index is 0.104. The Balaban J connectivity index is 2.25. The van der Waals surface area contributed by atoms with Gasteiger partial charge in [0, 0.05) is 25.2 Å². The second-order valence-corrected chi connectivity index (χ2v) is 6.26. The lowest BCUT2D eigenvalue weighted by Gasteiger charge is -2.15. The minimum atomic E-state index is -3.63. The molecule has 7 heteroatoms. The molecule has 0 amide bonds. The van der Waals surface area contributed by atoms with Gasteiger partial charge in [0.05, 0.1) is 6.20 Å². The summed E-state index contributed by atoms with van der Waals surface area (Å²) in [5.74, 6) is -0.0416. The van der Waals surface area contributed by atoms with E-state index in [1.165, 1.54) is 4.31 Å². The van der Waals surface area contributed by atoms with E-state index >= 15 is 0 Å². The summed E-state index contributed by atoms with van der Waals surface area (Å²) in [5, 5.41) is 0. The van der Waals surface area contributed by atoms with Crippen LogP contribution in [0.25, 0.3) is 0 Å². The maximum atomic E-state index is 13.0. The van der Waals surface area contributed by atoms with Crippen molar-refractivity contribution in [3.05, 3.63) is 24.3 Å². The molecule has 4 nitrogen and oxygen atoms in total. The van der Waals surface area contributed by atoms with Gasteiger partial charge in [-0.1, -0.05) is 0 Å². The first-order chi connectivity index (χ1) is 8.04. The fraction of sp³-hybridized carbons (Fsp3) is 0.500. The molecule has 0 N–H and O–H groups in total. The number of rotatable bonds is 3. The number of nitrogens with zero attached hydrogens (tertiary/aromatic N) is 2. The first-order valence-corrected chi connectivity index (χ1v) is 7.18. The van der Waals surface area contributed by atoms with Gasteiger partial charge in [0.25, 0.3) is 0 Å². The zero-order valence-electron chi connectivity index (χ0n) is 9.01. The Morgan fingerprint density at radius 2 is 2.29 bits per heavy atom. The normalized spacial score (nSPS) is 21.9. The topological polar surface area (TPSA) is 50.3 Å². The highest BCUT2D eigenvalue weighted by Crippen LogP contribution is 2.24. The molecule has 0 aliphatic carbocycles. The van der Waals surface area contributed by atoms with Crippen LogP contribution in [0.4, 0.5) is 4.39 Å². The molecule has 0 aromatic carbocycles. The van der Waals surface area contributed by atoms with Gasteiger partial charge >= 0.3 is 0 Å². The molecule has 1 aromatic rings. The van der Waals surface area contributed by atoms with E-state index in [0.717, 1.165) is 24.9 Å². The van der Waals surface area contributed by atoms with Gasteiger partial charge in [0.1, 0.15) is 10.7 Å². The average Bonchev–Trinajstić information content (AvgIpc) is 2.78. The summed E-state index contributed by atoms with van der Waals surface area (Å²) in [5.41, 5.74) is 0. The largest absolute Gasteiger partial charge is 0.260 e. The predicted octanol–water partition coefficient (Wildman–Crippen LogP) is 1.47. The third-order valence-electron chi connectivity index (χ3n) is 2.78. The maximum Gasteiger partial charge on any atom is 0.244 e. The Labute approximate surface area is 104 Å². The summed E-state index contributed by atoms with van der Waals surface area (Å²) in [6.07, 6.45) is 2.88. The number of halogens is 2. The first-order valence-electron chi connectivity index (χ1n) is 5.20. The molecular formula is C10H12ClFN2O2S. The summed E-state index contributed by atoms with van der Waals surface area (Å²) in [7, 11) is -3.63. The Bertz CT molecular complexity index is 509. The highest BCUT2D eigenvalue weighted by Gasteiger charge is 2.32. The van der Waals surface area contributed by atoms with Crippen molar-refractivity contribution in [2.24, 2.45) is 5.92 Å². The molecule has 1 saturated heterocycles. The van der Waals surface area contributed by atoms with Gasteiger partial charge in [-0.3, -0.25) is 4.98 Å². The van der Waals surface area contributed by atoms with Crippen LogP contribution in [0.3, 0.4) is 0 Å². The van der Waals surface area contributed by atoms with Gasteiger partial charge in [0.15, 0.2) is 0 Å². The van der Waals surface area contributed by atoms with Crippen molar-refractivity contribution in [1.82, 2.24) is 9.29 Å². The van der Waals surface area contributed by atoms with Gasteiger partial charge in [-0.05, 0) is 18.4 Å². The van der Waals surface area contributed by atoms with Crippen molar-refractivity contribution in [3.63, 3.8) is 0 Å². The Morgan fingerprint density at radius 1 is 1.53 bits per heavy atom. The lowest BCUT2D eigenvalue weighted by atomic mass is 10.2. The molecule has 0 spiro atoms. The van der Waals surface area contributed by atoms with Crippen LogP contribution in [0, 0.1) is 11.7 Å². The average molecular weight is 279 g/mol.